The first-order valence-electron chi connectivity index (χ1n) is 12.8. The molecule has 0 atom stereocenters. The third-order valence-corrected chi connectivity index (χ3v) is 7.64. The second kappa shape index (κ2) is 10.9. The van der Waals surface area contributed by atoms with Crippen LogP contribution in [0.3, 0.4) is 0 Å². The first-order valence-corrected chi connectivity index (χ1v) is 13.6. The second-order valence-electron chi connectivity index (χ2n) is 9.65. The Morgan fingerprint density at radius 2 is 1.81 bits per heavy atom. The highest BCUT2D eigenvalue weighted by Gasteiger charge is 2.35. The number of primary amides is 1. The van der Waals surface area contributed by atoms with Gasteiger partial charge in [-0.1, -0.05) is 6.07 Å². The van der Waals surface area contributed by atoms with Gasteiger partial charge in [0.25, 0.3) is 11.8 Å². The molecule has 0 saturated heterocycles. The SMILES string of the molecule is CCn1ncc(-c2cc(C(F)(F)F)nc3sc(C(N)=O)c(NC(=O)c4ccn(COc5cc(C)cc(C)c5)n4)c23)c1C. The van der Waals surface area contributed by atoms with Crippen molar-refractivity contribution in [3.8, 4) is 16.9 Å². The van der Waals surface area contributed by atoms with E-state index in [9.17, 15) is 22.8 Å². The summed E-state index contributed by atoms with van der Waals surface area (Å²) in [6, 6.07) is 8.10. The Morgan fingerprint density at radius 3 is 2.43 bits per heavy atom. The van der Waals surface area contributed by atoms with Crippen molar-refractivity contribution in [1.82, 2.24) is 24.5 Å². The van der Waals surface area contributed by atoms with Gasteiger partial charge in [0.2, 0.25) is 0 Å². The number of halogens is 3. The van der Waals surface area contributed by atoms with Gasteiger partial charge in [-0.2, -0.15) is 23.4 Å². The summed E-state index contributed by atoms with van der Waals surface area (Å²) >= 11 is 0.667. The van der Waals surface area contributed by atoms with Crippen molar-refractivity contribution in [2.45, 2.75) is 47.1 Å². The van der Waals surface area contributed by atoms with Crippen molar-refractivity contribution in [3.63, 3.8) is 0 Å². The van der Waals surface area contributed by atoms with Gasteiger partial charge in [-0.3, -0.25) is 14.3 Å². The molecule has 0 aliphatic heterocycles. The van der Waals surface area contributed by atoms with E-state index in [1.807, 2.05) is 39.0 Å². The molecule has 0 saturated carbocycles. The Balaban J connectivity index is 1.53. The molecule has 5 rings (SSSR count). The number of thiophene rings is 1. The number of rotatable bonds is 8. The zero-order chi connectivity index (χ0) is 30.3. The topological polar surface area (TPSA) is 130 Å². The van der Waals surface area contributed by atoms with Gasteiger partial charge in [-0.05, 0) is 68.7 Å². The highest BCUT2D eigenvalue weighted by atomic mass is 32.1. The Hall–Kier alpha value is -4.72. The normalized spacial score (nSPS) is 11.7. The molecule has 3 N–H and O–H groups in total. The zero-order valence-corrected chi connectivity index (χ0v) is 23.9. The average Bonchev–Trinajstić information content (AvgIpc) is 3.63. The molecule has 14 heteroatoms. The van der Waals surface area contributed by atoms with Crippen LogP contribution in [-0.4, -0.2) is 36.4 Å². The van der Waals surface area contributed by atoms with Crippen molar-refractivity contribution < 1.29 is 27.5 Å². The molecule has 1 aromatic carbocycles. The van der Waals surface area contributed by atoms with E-state index < -0.39 is 23.7 Å². The summed E-state index contributed by atoms with van der Waals surface area (Å²) in [6.07, 6.45) is -1.77. The number of nitrogens with two attached hydrogens (primary N) is 1. The number of aromatic nitrogens is 5. The average molecular weight is 598 g/mol. The van der Waals surface area contributed by atoms with Crippen molar-refractivity contribution in [3.05, 3.63) is 75.8 Å². The molecule has 0 aliphatic carbocycles. The Morgan fingerprint density at radius 1 is 1.10 bits per heavy atom. The minimum Gasteiger partial charge on any atom is -0.471 e. The van der Waals surface area contributed by atoms with Crippen molar-refractivity contribution in [1.29, 1.82) is 0 Å². The lowest BCUT2D eigenvalue weighted by molar-refractivity contribution is -0.140. The van der Waals surface area contributed by atoms with Crippen molar-refractivity contribution in [2.75, 3.05) is 5.32 Å². The number of carbonyl (C=O) groups excluding carboxylic acids is 2. The maximum Gasteiger partial charge on any atom is 0.433 e. The smallest absolute Gasteiger partial charge is 0.433 e. The summed E-state index contributed by atoms with van der Waals surface area (Å²) in [7, 11) is 0. The number of amides is 2. The molecule has 0 spiro atoms. The molecule has 218 valence electrons. The molecule has 4 heterocycles. The van der Waals surface area contributed by atoms with E-state index in [1.165, 1.54) is 16.9 Å². The van der Waals surface area contributed by atoms with Crippen molar-refractivity contribution in [2.24, 2.45) is 5.73 Å². The maximum absolute atomic E-state index is 13.8. The number of benzene rings is 1. The molecule has 42 heavy (non-hydrogen) atoms. The largest absolute Gasteiger partial charge is 0.471 e. The van der Waals surface area contributed by atoms with Crippen LogP contribution in [0.4, 0.5) is 18.9 Å². The Bertz CT molecular complexity index is 1820. The quantitative estimate of drug-likeness (QED) is 0.236. The minimum atomic E-state index is -4.76. The highest BCUT2D eigenvalue weighted by Crippen LogP contribution is 2.44. The van der Waals surface area contributed by atoms with E-state index in [0.29, 0.717) is 34.9 Å². The highest BCUT2D eigenvalue weighted by molar-refractivity contribution is 7.21. The molecule has 2 amide bonds. The van der Waals surface area contributed by atoms with Gasteiger partial charge in [0, 0.05) is 29.4 Å². The van der Waals surface area contributed by atoms with Crippen LogP contribution in [0.2, 0.25) is 0 Å². The molecule has 0 bridgehead atoms. The number of hydrogen-bond donors (Lipinski definition) is 2. The molecular weight excluding hydrogens is 571 g/mol. The lowest BCUT2D eigenvalue weighted by Gasteiger charge is -2.12. The van der Waals surface area contributed by atoms with Crippen LogP contribution < -0.4 is 15.8 Å². The van der Waals surface area contributed by atoms with Crippen molar-refractivity contribution >= 4 is 39.1 Å². The van der Waals surface area contributed by atoms with Crippen LogP contribution in [0.1, 0.15) is 49.6 Å². The number of nitrogens with zero attached hydrogens (tertiary/aromatic N) is 5. The third-order valence-electron chi connectivity index (χ3n) is 6.54. The summed E-state index contributed by atoms with van der Waals surface area (Å²) in [6.45, 7) is 7.98. The number of alkyl halides is 3. The monoisotopic (exact) mass is 597 g/mol. The van der Waals surface area contributed by atoms with Crippen LogP contribution in [0.25, 0.3) is 21.3 Å². The van der Waals surface area contributed by atoms with E-state index in [4.69, 9.17) is 10.5 Å². The van der Waals surface area contributed by atoms with Crippen LogP contribution >= 0.6 is 11.3 Å². The first-order chi connectivity index (χ1) is 19.8. The number of hydrogen-bond acceptors (Lipinski definition) is 7. The standard InChI is InChI=1S/C28H26F3N7O3S/c1-5-38-16(4)19(12-33-38)18-11-21(28(29,30)31)34-27-22(18)23(24(42-27)25(32)39)35-26(40)20-6-7-37(36-20)13-41-17-9-14(2)8-15(3)10-17/h6-12H,5,13H2,1-4H3,(H2,32,39)(H,35,40). The van der Waals surface area contributed by atoms with Gasteiger partial charge in [0.15, 0.2) is 12.4 Å². The third kappa shape index (κ3) is 5.57. The number of carbonyl (C=O) groups is 2. The van der Waals surface area contributed by atoms with Crippen LogP contribution in [0.15, 0.2) is 42.7 Å². The van der Waals surface area contributed by atoms with E-state index >= 15 is 0 Å². The molecular formula is C28H26F3N7O3S. The summed E-state index contributed by atoms with van der Waals surface area (Å²) in [4.78, 5) is 29.2. The fraction of sp³-hybridized carbons (Fsp3) is 0.250. The van der Waals surface area contributed by atoms with Crippen LogP contribution in [-0.2, 0) is 19.5 Å². The summed E-state index contributed by atoms with van der Waals surface area (Å²) < 4.78 is 50.3. The zero-order valence-electron chi connectivity index (χ0n) is 23.0. The van der Waals surface area contributed by atoms with Crippen LogP contribution in [0.5, 0.6) is 5.75 Å². The van der Waals surface area contributed by atoms with E-state index in [0.717, 1.165) is 17.2 Å². The summed E-state index contributed by atoms with van der Waals surface area (Å²) in [5, 5.41) is 11.3. The van der Waals surface area contributed by atoms with E-state index in [-0.39, 0.29) is 38.8 Å². The molecule has 0 aliphatic rings. The predicted octanol–water partition coefficient (Wildman–Crippen LogP) is 5.71. The molecule has 10 nitrogen and oxygen atoms in total. The predicted molar refractivity (Wildman–Crippen MR) is 151 cm³/mol. The number of anilines is 1. The number of ether oxygens (including phenoxy) is 1. The summed E-state index contributed by atoms with van der Waals surface area (Å²) in [5.74, 6) is -0.986. The lowest BCUT2D eigenvalue weighted by atomic mass is 10.0. The Labute approximate surface area is 241 Å². The van der Waals surface area contributed by atoms with Crippen LogP contribution in [0, 0.1) is 20.8 Å². The number of aryl methyl sites for hydroxylation is 3. The Kier molecular flexibility index (Phi) is 7.49. The van der Waals surface area contributed by atoms with Gasteiger partial charge in [0.05, 0.1) is 11.9 Å². The summed E-state index contributed by atoms with van der Waals surface area (Å²) in [5.41, 5.74) is 7.57. The molecule has 0 fully saturated rings. The lowest BCUT2D eigenvalue weighted by Crippen LogP contribution is -2.18. The minimum absolute atomic E-state index is 0.00908. The van der Waals surface area contributed by atoms with E-state index in [2.05, 4.69) is 20.5 Å². The van der Waals surface area contributed by atoms with E-state index in [1.54, 1.807) is 17.8 Å². The molecule has 0 unspecified atom stereocenters. The molecule has 5 aromatic rings. The number of nitrogens with one attached hydrogen (secondary N) is 1. The van der Waals surface area contributed by atoms with Gasteiger partial charge >= 0.3 is 6.18 Å². The van der Waals surface area contributed by atoms with Gasteiger partial charge in [-0.15, -0.1) is 11.3 Å². The molecule has 0 radical (unpaired) electrons. The maximum atomic E-state index is 13.8. The molecule has 4 aromatic heterocycles. The van der Waals surface area contributed by atoms with Gasteiger partial charge in [0.1, 0.15) is 21.2 Å². The fourth-order valence-electron chi connectivity index (χ4n) is 4.67. The van der Waals surface area contributed by atoms with Gasteiger partial charge in [-0.25, -0.2) is 9.67 Å². The second-order valence-corrected chi connectivity index (χ2v) is 10.7. The van der Waals surface area contributed by atoms with Gasteiger partial charge < -0.3 is 15.8 Å². The first kappa shape index (κ1) is 28.8. The number of pyridine rings is 1. The fourth-order valence-corrected chi connectivity index (χ4v) is 5.67. The number of fused-ring (bicyclic) bond motifs is 1.